The predicted molar refractivity (Wildman–Crippen MR) is 141 cm³/mol. The smallest absolute Gasteiger partial charge is 0.275 e. The van der Waals surface area contributed by atoms with Gasteiger partial charge in [-0.3, -0.25) is 9.59 Å². The van der Waals surface area contributed by atoms with Crippen molar-refractivity contribution in [1.29, 1.82) is 0 Å². The number of nitrogens with one attached hydrogen (secondary N) is 1. The Bertz CT molecular complexity index is 974. The molecule has 36 heavy (non-hydrogen) atoms. The standard InChI is InChI=1S/C29H40N2O4.BrH/c1-6-9-19-30-28(33)22-31(4,5)20-11-21-34-29-24(12-7-2)13-10-14-27(29)35-25-17-15-23(16-18-25)26(32)8-3;/h7,10,13-18H,2,6,8-9,11-12,19-22H2,1,3-5H3;1H. The van der Waals surface area contributed by atoms with Crippen LogP contribution in [0.15, 0.2) is 55.1 Å². The number of halogens is 1. The number of nitrogens with zero attached hydrogens (tertiary/aromatic N) is 1. The van der Waals surface area contributed by atoms with Gasteiger partial charge in [-0.25, -0.2) is 0 Å². The monoisotopic (exact) mass is 560 g/mol. The van der Waals surface area contributed by atoms with Crippen LogP contribution in [0.2, 0.25) is 0 Å². The van der Waals surface area contributed by atoms with E-state index in [1.54, 1.807) is 24.3 Å². The van der Waals surface area contributed by atoms with Crippen molar-refractivity contribution < 1.29 is 40.5 Å². The highest BCUT2D eigenvalue weighted by atomic mass is 79.9. The molecule has 0 atom stereocenters. The summed E-state index contributed by atoms with van der Waals surface area (Å²) >= 11 is 0. The molecule has 0 aromatic heterocycles. The van der Waals surface area contributed by atoms with Crippen molar-refractivity contribution in [3.05, 3.63) is 66.2 Å². The number of hydrogen-bond acceptors (Lipinski definition) is 4. The van der Waals surface area contributed by atoms with Gasteiger partial charge >= 0.3 is 0 Å². The van der Waals surface area contributed by atoms with E-state index in [9.17, 15) is 9.59 Å². The first kappa shape index (κ1) is 31.4. The van der Waals surface area contributed by atoms with Crippen LogP contribution >= 0.6 is 0 Å². The van der Waals surface area contributed by atoms with Crippen molar-refractivity contribution in [2.24, 2.45) is 0 Å². The number of Topliss-reactive ketones (excluding diaryl/α,β-unsaturated/α-hetero) is 1. The number of allylic oxidation sites excluding steroid dienone is 1. The molecule has 0 aliphatic heterocycles. The van der Waals surface area contributed by atoms with Crippen LogP contribution in [0.4, 0.5) is 0 Å². The van der Waals surface area contributed by atoms with Crippen LogP contribution in [0.25, 0.3) is 0 Å². The lowest BCUT2D eigenvalue weighted by Crippen LogP contribution is -3.00. The molecule has 0 aliphatic carbocycles. The van der Waals surface area contributed by atoms with Gasteiger partial charge in [0.25, 0.3) is 5.91 Å². The van der Waals surface area contributed by atoms with Gasteiger partial charge in [0, 0.05) is 30.5 Å². The number of hydrogen-bond donors (Lipinski definition) is 1. The highest BCUT2D eigenvalue weighted by molar-refractivity contribution is 5.95. The molecule has 2 aromatic carbocycles. The number of ether oxygens (including phenoxy) is 2. The fourth-order valence-corrected chi connectivity index (χ4v) is 3.76. The molecule has 198 valence electrons. The summed E-state index contributed by atoms with van der Waals surface area (Å²) in [6, 6.07) is 13.0. The lowest BCUT2D eigenvalue weighted by molar-refractivity contribution is -0.882. The summed E-state index contributed by atoms with van der Waals surface area (Å²) in [5.74, 6) is 2.16. The first-order valence-corrected chi connectivity index (χ1v) is 12.5. The molecule has 0 bridgehead atoms. The second-order valence-electron chi connectivity index (χ2n) is 9.36. The van der Waals surface area contributed by atoms with Crippen molar-refractivity contribution in [2.75, 3.05) is 40.3 Å². The van der Waals surface area contributed by atoms with Crippen LogP contribution in [0.1, 0.15) is 55.5 Å². The minimum absolute atomic E-state index is 0. The van der Waals surface area contributed by atoms with E-state index < -0.39 is 0 Å². The molecule has 2 aromatic rings. The maximum atomic E-state index is 12.2. The van der Waals surface area contributed by atoms with Crippen LogP contribution in [-0.4, -0.2) is 56.5 Å². The minimum atomic E-state index is 0. The summed E-state index contributed by atoms with van der Waals surface area (Å²) in [6.07, 6.45) is 5.84. The summed E-state index contributed by atoms with van der Waals surface area (Å²) in [6.45, 7) is 10.3. The maximum Gasteiger partial charge on any atom is 0.275 e. The molecular weight excluding hydrogens is 520 g/mol. The third-order valence-electron chi connectivity index (χ3n) is 5.73. The first-order chi connectivity index (χ1) is 16.8. The van der Waals surface area contributed by atoms with Gasteiger partial charge < -0.3 is 36.3 Å². The molecule has 6 nitrogen and oxygen atoms in total. The molecular formula is C29H41BrN2O4. The zero-order chi connectivity index (χ0) is 25.7. The summed E-state index contributed by atoms with van der Waals surface area (Å²) < 4.78 is 12.9. The Kier molecular flexibility index (Phi) is 14.1. The Morgan fingerprint density at radius 1 is 1.06 bits per heavy atom. The Morgan fingerprint density at radius 2 is 1.78 bits per heavy atom. The van der Waals surface area contributed by atoms with Crippen molar-refractivity contribution in [3.8, 4) is 17.2 Å². The van der Waals surface area contributed by atoms with E-state index in [4.69, 9.17) is 9.47 Å². The van der Waals surface area contributed by atoms with Gasteiger partial charge in [0.05, 0.1) is 27.2 Å². The van der Waals surface area contributed by atoms with Gasteiger partial charge in [-0.15, -0.1) is 6.58 Å². The number of carbonyl (C=O) groups excluding carboxylic acids is 2. The van der Waals surface area contributed by atoms with Gasteiger partial charge in [-0.1, -0.05) is 38.5 Å². The van der Waals surface area contributed by atoms with Crippen molar-refractivity contribution in [3.63, 3.8) is 0 Å². The third-order valence-corrected chi connectivity index (χ3v) is 5.73. The van der Waals surface area contributed by atoms with E-state index in [2.05, 4.69) is 32.9 Å². The van der Waals surface area contributed by atoms with Crippen LogP contribution in [-0.2, 0) is 11.2 Å². The van der Waals surface area contributed by atoms with E-state index in [1.165, 1.54) is 0 Å². The second-order valence-corrected chi connectivity index (χ2v) is 9.36. The maximum absolute atomic E-state index is 12.2. The lowest BCUT2D eigenvalue weighted by atomic mass is 10.1. The summed E-state index contributed by atoms with van der Waals surface area (Å²) in [5, 5.41) is 2.99. The van der Waals surface area contributed by atoms with Crippen LogP contribution in [0.5, 0.6) is 17.2 Å². The Morgan fingerprint density at radius 3 is 2.42 bits per heavy atom. The molecule has 0 aliphatic rings. The molecule has 0 radical (unpaired) electrons. The minimum Gasteiger partial charge on any atom is -1.00 e. The van der Waals surface area contributed by atoms with E-state index in [0.717, 1.165) is 37.9 Å². The topological polar surface area (TPSA) is 64.6 Å². The van der Waals surface area contributed by atoms with Gasteiger partial charge in [0.15, 0.2) is 23.8 Å². The largest absolute Gasteiger partial charge is 1.00 e. The predicted octanol–water partition coefficient (Wildman–Crippen LogP) is 2.57. The van der Waals surface area contributed by atoms with E-state index in [-0.39, 0.29) is 28.7 Å². The molecule has 2 rings (SSSR count). The number of carbonyl (C=O) groups is 2. The average Bonchev–Trinajstić information content (AvgIpc) is 2.83. The number of rotatable bonds is 16. The van der Waals surface area contributed by atoms with Crippen molar-refractivity contribution >= 4 is 11.7 Å². The lowest BCUT2D eigenvalue weighted by Gasteiger charge is -2.29. The second kappa shape index (κ2) is 16.2. The Balaban J connectivity index is 0.00000648. The average molecular weight is 562 g/mol. The van der Waals surface area contributed by atoms with E-state index in [1.807, 2.05) is 31.2 Å². The molecule has 0 saturated carbocycles. The number of amides is 1. The zero-order valence-electron chi connectivity index (χ0n) is 22.1. The molecule has 0 unspecified atom stereocenters. The number of para-hydroxylation sites is 1. The van der Waals surface area contributed by atoms with Gasteiger partial charge in [0.2, 0.25) is 0 Å². The highest BCUT2D eigenvalue weighted by Crippen LogP contribution is 2.35. The van der Waals surface area contributed by atoms with Crippen LogP contribution < -0.4 is 31.8 Å². The molecule has 7 heteroatoms. The summed E-state index contributed by atoms with van der Waals surface area (Å²) in [5.41, 5.74) is 1.68. The third kappa shape index (κ3) is 10.5. The van der Waals surface area contributed by atoms with Gasteiger partial charge in [0.1, 0.15) is 5.75 Å². The number of quaternary nitrogens is 1. The number of ketones is 1. The first-order valence-electron chi connectivity index (χ1n) is 12.5. The zero-order valence-corrected chi connectivity index (χ0v) is 23.7. The van der Waals surface area contributed by atoms with E-state index >= 15 is 0 Å². The molecule has 0 heterocycles. The molecule has 0 fully saturated rings. The van der Waals surface area contributed by atoms with E-state index in [0.29, 0.717) is 53.3 Å². The SMILES string of the molecule is C=CCc1cccc(Oc2ccc(C(=O)CC)cc2)c1OCCC[N+](C)(C)CC(=O)NCCCC.[Br-]. The van der Waals surface area contributed by atoms with Crippen LogP contribution in [0, 0.1) is 0 Å². The highest BCUT2D eigenvalue weighted by Gasteiger charge is 2.20. The van der Waals surface area contributed by atoms with Crippen molar-refractivity contribution in [2.45, 2.75) is 46.0 Å². The molecule has 0 saturated heterocycles. The summed E-state index contributed by atoms with van der Waals surface area (Å²) in [7, 11) is 4.12. The number of benzene rings is 2. The van der Waals surface area contributed by atoms with Crippen LogP contribution in [0.3, 0.4) is 0 Å². The van der Waals surface area contributed by atoms with Gasteiger partial charge in [-0.2, -0.15) is 0 Å². The molecule has 1 N–H and O–H groups in total. The Labute approximate surface area is 227 Å². The quantitative estimate of drug-likeness (QED) is 0.148. The molecule has 0 spiro atoms. The molecule has 1 amide bonds. The fraction of sp³-hybridized carbons (Fsp3) is 0.448. The number of unbranched alkanes of at least 4 members (excludes halogenated alkanes) is 1. The Hall–Kier alpha value is -2.64. The van der Waals surface area contributed by atoms with Gasteiger partial charge in [-0.05, 0) is 43.2 Å². The normalized spacial score (nSPS) is 10.8. The summed E-state index contributed by atoms with van der Waals surface area (Å²) in [4.78, 5) is 24.1. The van der Waals surface area contributed by atoms with Crippen molar-refractivity contribution in [1.82, 2.24) is 5.32 Å². The number of likely N-dealkylation sites (N-methyl/N-ethyl adjacent to an activating group) is 1. The fourth-order valence-electron chi connectivity index (χ4n) is 3.76.